The molecule has 4 rings (SSSR count). The van der Waals surface area contributed by atoms with Gasteiger partial charge < -0.3 is 4.74 Å². The third kappa shape index (κ3) is 4.99. The number of rotatable bonds is 6. The van der Waals surface area contributed by atoms with Gasteiger partial charge >= 0.3 is 0 Å². The van der Waals surface area contributed by atoms with Crippen LogP contribution in [0.4, 0.5) is 11.4 Å². The lowest BCUT2D eigenvalue weighted by molar-refractivity contribution is 0.507. The largest absolute Gasteiger partial charge is 0.388 e. The van der Waals surface area contributed by atoms with Crippen molar-refractivity contribution in [1.82, 2.24) is 0 Å². The SMILES string of the molecule is N#COc1ccc(-c2cc(-c3ccc(N=C=O)cc3)cc(-c3ccc(N=C=O)cc3)c2)cc1. The van der Waals surface area contributed by atoms with Crippen molar-refractivity contribution in [3.8, 4) is 45.4 Å². The fourth-order valence-electron chi connectivity index (χ4n) is 3.46. The number of nitriles is 1. The molecule has 0 saturated carbocycles. The number of benzene rings is 4. The molecule has 0 aliphatic heterocycles. The van der Waals surface area contributed by atoms with E-state index in [0.717, 1.165) is 33.4 Å². The molecular weight excluding hydrogens is 414 g/mol. The number of aliphatic imine (C=N–C) groups is 2. The molecule has 0 bridgehead atoms. The topological polar surface area (TPSA) is 91.9 Å². The normalized spacial score (nSPS) is 9.79. The molecule has 0 aromatic heterocycles. The maximum absolute atomic E-state index is 10.5. The highest BCUT2D eigenvalue weighted by Crippen LogP contribution is 2.34. The Bertz CT molecular complexity index is 1340. The lowest BCUT2D eigenvalue weighted by atomic mass is 9.93. The average molecular weight is 429 g/mol. The summed E-state index contributed by atoms with van der Waals surface area (Å²) >= 11 is 0. The molecule has 4 aromatic carbocycles. The summed E-state index contributed by atoms with van der Waals surface area (Å²) < 4.78 is 4.88. The Morgan fingerprint density at radius 3 is 1.24 bits per heavy atom. The van der Waals surface area contributed by atoms with E-state index in [1.807, 2.05) is 36.4 Å². The zero-order chi connectivity index (χ0) is 23.0. The molecule has 0 aliphatic carbocycles. The molecule has 0 fully saturated rings. The van der Waals surface area contributed by atoms with Gasteiger partial charge in [-0.05, 0) is 88.0 Å². The van der Waals surface area contributed by atoms with Crippen molar-refractivity contribution in [3.05, 3.63) is 91.0 Å². The Balaban J connectivity index is 1.82. The quantitative estimate of drug-likeness (QED) is 0.199. The Morgan fingerprint density at radius 1 is 0.545 bits per heavy atom. The van der Waals surface area contributed by atoms with Crippen LogP contribution in [0.15, 0.2) is 101 Å². The van der Waals surface area contributed by atoms with E-state index in [2.05, 4.69) is 28.2 Å². The molecular formula is C27H15N3O3. The average Bonchev–Trinajstić information content (AvgIpc) is 2.86. The van der Waals surface area contributed by atoms with Gasteiger partial charge in [-0.2, -0.15) is 9.98 Å². The minimum absolute atomic E-state index is 0.468. The van der Waals surface area contributed by atoms with Crippen LogP contribution < -0.4 is 4.74 Å². The van der Waals surface area contributed by atoms with Gasteiger partial charge in [0.05, 0.1) is 11.4 Å². The van der Waals surface area contributed by atoms with Gasteiger partial charge in [-0.3, -0.25) is 0 Å². The third-order valence-corrected chi connectivity index (χ3v) is 5.03. The molecule has 0 unspecified atom stereocenters. The monoisotopic (exact) mass is 429 g/mol. The van der Waals surface area contributed by atoms with Crippen LogP contribution >= 0.6 is 0 Å². The number of hydrogen-bond donors (Lipinski definition) is 0. The summed E-state index contributed by atoms with van der Waals surface area (Å²) in [7, 11) is 0. The van der Waals surface area contributed by atoms with Crippen LogP contribution in [0.2, 0.25) is 0 Å². The van der Waals surface area contributed by atoms with Gasteiger partial charge in [0.25, 0.3) is 6.26 Å². The van der Waals surface area contributed by atoms with Gasteiger partial charge in [0.2, 0.25) is 12.2 Å². The molecule has 4 aromatic rings. The van der Waals surface area contributed by atoms with Crippen molar-refractivity contribution < 1.29 is 14.3 Å². The minimum Gasteiger partial charge on any atom is -0.388 e. The summed E-state index contributed by atoms with van der Waals surface area (Å²) in [5.74, 6) is 0.468. The summed E-state index contributed by atoms with van der Waals surface area (Å²) in [5.41, 5.74) is 6.83. The van der Waals surface area contributed by atoms with Gasteiger partial charge in [0.15, 0.2) is 0 Å². The smallest absolute Gasteiger partial charge is 0.292 e. The van der Waals surface area contributed by atoms with Crippen LogP contribution in [0.1, 0.15) is 0 Å². The van der Waals surface area contributed by atoms with E-state index in [9.17, 15) is 9.59 Å². The van der Waals surface area contributed by atoms with Crippen LogP contribution in [-0.4, -0.2) is 12.2 Å². The number of carbonyl (C=O) groups excluding carboxylic acids is 2. The van der Waals surface area contributed by atoms with Gasteiger partial charge in [0, 0.05) is 0 Å². The molecule has 6 heteroatoms. The number of hydrogen-bond acceptors (Lipinski definition) is 6. The molecule has 0 saturated heterocycles. The summed E-state index contributed by atoms with van der Waals surface area (Å²) in [6.07, 6.45) is 4.76. The predicted octanol–water partition coefficient (Wildman–Crippen LogP) is 6.48. The van der Waals surface area contributed by atoms with Crippen molar-refractivity contribution in [3.63, 3.8) is 0 Å². The van der Waals surface area contributed by atoms with Crippen LogP contribution in [0, 0.1) is 11.5 Å². The molecule has 0 amide bonds. The van der Waals surface area contributed by atoms with E-state index in [4.69, 9.17) is 10.00 Å². The first-order chi connectivity index (χ1) is 16.2. The number of ether oxygens (including phenoxy) is 1. The Kier molecular flexibility index (Phi) is 6.30. The zero-order valence-electron chi connectivity index (χ0n) is 17.2. The number of nitrogens with zero attached hydrogens (tertiary/aromatic N) is 3. The maximum Gasteiger partial charge on any atom is 0.292 e. The molecule has 0 spiro atoms. The van der Waals surface area contributed by atoms with Gasteiger partial charge in [-0.25, -0.2) is 9.59 Å². The lowest BCUT2D eigenvalue weighted by Crippen LogP contribution is -1.87. The molecule has 0 aliphatic rings. The van der Waals surface area contributed by atoms with Crippen molar-refractivity contribution >= 4 is 23.5 Å². The Labute approximate surface area is 189 Å². The summed E-state index contributed by atoms with van der Waals surface area (Å²) in [5, 5.41) is 8.71. The molecule has 6 nitrogen and oxygen atoms in total. The van der Waals surface area contributed by atoms with Crippen LogP contribution in [0.25, 0.3) is 33.4 Å². The Morgan fingerprint density at radius 2 is 0.909 bits per heavy atom. The molecule has 0 N–H and O–H groups in total. The highest BCUT2D eigenvalue weighted by molar-refractivity contribution is 5.82. The van der Waals surface area contributed by atoms with Crippen molar-refractivity contribution in [1.29, 1.82) is 5.26 Å². The second kappa shape index (κ2) is 9.82. The fraction of sp³-hybridized carbons (Fsp3) is 0. The minimum atomic E-state index is 0.468. The summed E-state index contributed by atoms with van der Waals surface area (Å²) in [4.78, 5) is 28.3. The first-order valence-corrected chi connectivity index (χ1v) is 9.88. The van der Waals surface area contributed by atoms with Crippen LogP contribution in [0.3, 0.4) is 0 Å². The summed E-state index contributed by atoms with van der Waals surface area (Å²) in [6, 6.07) is 28.0. The first kappa shape index (κ1) is 21.2. The molecule has 0 atom stereocenters. The van der Waals surface area contributed by atoms with Crippen LogP contribution in [-0.2, 0) is 9.59 Å². The van der Waals surface area contributed by atoms with Crippen molar-refractivity contribution in [2.45, 2.75) is 0 Å². The maximum atomic E-state index is 10.5. The zero-order valence-corrected chi connectivity index (χ0v) is 17.2. The molecule has 33 heavy (non-hydrogen) atoms. The Hall–Kier alpha value is -5.07. The van der Waals surface area contributed by atoms with E-state index in [-0.39, 0.29) is 0 Å². The van der Waals surface area contributed by atoms with Crippen molar-refractivity contribution in [2.24, 2.45) is 9.98 Å². The van der Waals surface area contributed by atoms with Crippen LogP contribution in [0.5, 0.6) is 5.75 Å². The van der Waals surface area contributed by atoms with Gasteiger partial charge in [0.1, 0.15) is 5.75 Å². The molecule has 0 radical (unpaired) electrons. The second-order valence-corrected chi connectivity index (χ2v) is 7.02. The van der Waals surface area contributed by atoms with E-state index in [1.54, 1.807) is 54.8 Å². The molecule has 156 valence electrons. The van der Waals surface area contributed by atoms with Gasteiger partial charge in [-0.1, -0.05) is 36.4 Å². The highest BCUT2D eigenvalue weighted by Gasteiger charge is 2.08. The van der Waals surface area contributed by atoms with E-state index in [0.29, 0.717) is 17.1 Å². The van der Waals surface area contributed by atoms with Gasteiger partial charge in [-0.15, -0.1) is 5.26 Å². The van der Waals surface area contributed by atoms with E-state index < -0.39 is 0 Å². The number of isocyanates is 2. The third-order valence-electron chi connectivity index (χ3n) is 5.03. The summed E-state index contributed by atoms with van der Waals surface area (Å²) in [6.45, 7) is 0. The standard InChI is InChI=1S/C27H15N3O3/c28-16-33-27-11-5-21(6-12-27)24-14-22(19-1-7-25(8-2-19)29-17-31)13-23(15-24)20-3-9-26(10-4-20)30-18-32/h1-15H. The fourth-order valence-corrected chi connectivity index (χ4v) is 3.46. The van der Waals surface area contributed by atoms with E-state index in [1.165, 1.54) is 0 Å². The van der Waals surface area contributed by atoms with E-state index >= 15 is 0 Å². The second-order valence-electron chi connectivity index (χ2n) is 7.02. The van der Waals surface area contributed by atoms with Crippen molar-refractivity contribution in [2.75, 3.05) is 0 Å². The predicted molar refractivity (Wildman–Crippen MR) is 125 cm³/mol. The molecule has 0 heterocycles. The lowest BCUT2D eigenvalue weighted by Gasteiger charge is -2.12. The first-order valence-electron chi connectivity index (χ1n) is 9.88. The highest BCUT2D eigenvalue weighted by atomic mass is 16.5.